The first kappa shape index (κ1) is 12.7. The summed E-state index contributed by atoms with van der Waals surface area (Å²) in [5, 5.41) is 2.67. The van der Waals surface area contributed by atoms with Crippen LogP contribution in [-0.4, -0.2) is 11.1 Å². The van der Waals surface area contributed by atoms with Gasteiger partial charge in [-0.05, 0) is 37.1 Å². The van der Waals surface area contributed by atoms with Gasteiger partial charge in [0.2, 0.25) is 0 Å². The molecule has 1 aliphatic rings. The second-order valence-corrected chi connectivity index (χ2v) is 4.93. The molecule has 20 heavy (non-hydrogen) atoms. The fourth-order valence-electron chi connectivity index (χ4n) is 2.16. The highest BCUT2D eigenvalue weighted by Crippen LogP contribution is 2.35. The summed E-state index contributed by atoms with van der Waals surface area (Å²) in [5.41, 5.74) is 1.76. The first-order valence-electron chi connectivity index (χ1n) is 6.81. The van der Waals surface area contributed by atoms with Crippen molar-refractivity contribution < 1.29 is 9.53 Å². The molecule has 102 valence electrons. The van der Waals surface area contributed by atoms with Gasteiger partial charge in [-0.25, -0.2) is 4.79 Å². The highest BCUT2D eigenvalue weighted by molar-refractivity contribution is 5.85. The molecular weight excluding hydrogens is 252 g/mol. The van der Waals surface area contributed by atoms with Gasteiger partial charge in [-0.2, -0.15) is 0 Å². The molecule has 0 unspecified atom stereocenters. The Hall–Kier alpha value is -2.36. The number of nitrogens with zero attached hydrogens (tertiary/aromatic N) is 1. The summed E-state index contributed by atoms with van der Waals surface area (Å²) in [4.78, 5) is 16.1. The quantitative estimate of drug-likeness (QED) is 0.916. The number of carbonyl (C=O) groups is 1. The maximum Gasteiger partial charge on any atom is 0.417 e. The minimum absolute atomic E-state index is 0.505. The summed E-state index contributed by atoms with van der Waals surface area (Å²) in [6, 6.07) is 12.8. The standard InChI is InChI=1S/C16H16N2O2/c19-16(20-14-7-2-1-3-8-14)18-13-9-10-15(17-11-13)12-5-4-6-12/h1-3,7-12H,4-6H2,(H,18,19). The van der Waals surface area contributed by atoms with Gasteiger partial charge < -0.3 is 4.74 Å². The van der Waals surface area contributed by atoms with Gasteiger partial charge in [0.1, 0.15) is 5.75 Å². The van der Waals surface area contributed by atoms with Crippen LogP contribution in [0.4, 0.5) is 10.5 Å². The third-order valence-electron chi connectivity index (χ3n) is 3.51. The molecule has 1 N–H and O–H groups in total. The zero-order chi connectivity index (χ0) is 13.8. The van der Waals surface area contributed by atoms with Gasteiger partial charge >= 0.3 is 6.09 Å². The topological polar surface area (TPSA) is 51.2 Å². The van der Waals surface area contributed by atoms with Crippen molar-refractivity contribution in [3.05, 3.63) is 54.4 Å². The summed E-state index contributed by atoms with van der Waals surface area (Å²) in [6.45, 7) is 0. The van der Waals surface area contributed by atoms with E-state index >= 15 is 0 Å². The van der Waals surface area contributed by atoms with Crippen molar-refractivity contribution >= 4 is 11.8 Å². The second-order valence-electron chi connectivity index (χ2n) is 4.93. The average molecular weight is 268 g/mol. The summed E-state index contributed by atoms with van der Waals surface area (Å²) in [7, 11) is 0. The Morgan fingerprint density at radius 1 is 1.15 bits per heavy atom. The van der Waals surface area contributed by atoms with Gasteiger partial charge in [0.15, 0.2) is 0 Å². The highest BCUT2D eigenvalue weighted by atomic mass is 16.6. The molecular formula is C16H16N2O2. The molecule has 1 aromatic carbocycles. The van der Waals surface area contributed by atoms with Crippen molar-refractivity contribution in [1.29, 1.82) is 0 Å². The third-order valence-corrected chi connectivity index (χ3v) is 3.51. The number of ether oxygens (including phenoxy) is 1. The van der Waals surface area contributed by atoms with Crippen molar-refractivity contribution in [2.75, 3.05) is 5.32 Å². The fourth-order valence-corrected chi connectivity index (χ4v) is 2.16. The first-order valence-corrected chi connectivity index (χ1v) is 6.81. The van der Waals surface area contributed by atoms with Crippen molar-refractivity contribution in [3.63, 3.8) is 0 Å². The minimum Gasteiger partial charge on any atom is -0.410 e. The van der Waals surface area contributed by atoms with Gasteiger partial charge in [0.25, 0.3) is 0 Å². The molecule has 4 heteroatoms. The zero-order valence-corrected chi connectivity index (χ0v) is 11.1. The normalized spacial score (nSPS) is 14.4. The number of hydrogen-bond acceptors (Lipinski definition) is 3. The molecule has 1 heterocycles. The van der Waals surface area contributed by atoms with Gasteiger partial charge in [-0.3, -0.25) is 10.3 Å². The average Bonchev–Trinajstić information content (AvgIpc) is 2.40. The fraction of sp³-hybridized carbons (Fsp3) is 0.250. The molecule has 1 aromatic heterocycles. The molecule has 0 spiro atoms. The van der Waals surface area contributed by atoms with E-state index in [1.54, 1.807) is 18.3 Å². The highest BCUT2D eigenvalue weighted by Gasteiger charge is 2.20. The molecule has 0 radical (unpaired) electrons. The molecule has 1 saturated carbocycles. The van der Waals surface area contributed by atoms with Gasteiger partial charge in [-0.15, -0.1) is 0 Å². The van der Waals surface area contributed by atoms with E-state index in [-0.39, 0.29) is 0 Å². The lowest BCUT2D eigenvalue weighted by molar-refractivity contribution is 0.215. The Kier molecular flexibility index (Phi) is 3.63. The monoisotopic (exact) mass is 268 g/mol. The van der Waals surface area contributed by atoms with Crippen molar-refractivity contribution in [2.45, 2.75) is 25.2 Å². The van der Waals surface area contributed by atoms with Crippen LogP contribution in [0.5, 0.6) is 5.75 Å². The number of carbonyl (C=O) groups excluding carboxylic acids is 1. The number of benzene rings is 1. The van der Waals surface area contributed by atoms with Crippen LogP contribution in [0.15, 0.2) is 48.7 Å². The van der Waals surface area contributed by atoms with Crippen LogP contribution < -0.4 is 10.1 Å². The Labute approximate surface area is 117 Å². The van der Waals surface area contributed by atoms with E-state index in [1.165, 1.54) is 19.3 Å². The largest absolute Gasteiger partial charge is 0.417 e. The molecule has 4 nitrogen and oxygen atoms in total. The van der Waals surface area contributed by atoms with Crippen LogP contribution in [-0.2, 0) is 0 Å². The van der Waals surface area contributed by atoms with E-state index in [0.29, 0.717) is 17.4 Å². The number of amides is 1. The zero-order valence-electron chi connectivity index (χ0n) is 11.1. The molecule has 1 fully saturated rings. The van der Waals surface area contributed by atoms with Crippen molar-refractivity contribution in [1.82, 2.24) is 4.98 Å². The number of anilines is 1. The third kappa shape index (κ3) is 2.96. The van der Waals surface area contributed by atoms with Gasteiger partial charge in [0, 0.05) is 11.6 Å². The van der Waals surface area contributed by atoms with Crippen molar-refractivity contribution in [3.8, 4) is 5.75 Å². The van der Waals surface area contributed by atoms with Crippen LogP contribution in [0.3, 0.4) is 0 Å². The Morgan fingerprint density at radius 2 is 1.95 bits per heavy atom. The smallest absolute Gasteiger partial charge is 0.410 e. The minimum atomic E-state index is -0.505. The van der Waals surface area contributed by atoms with E-state index in [4.69, 9.17) is 4.74 Å². The summed E-state index contributed by atoms with van der Waals surface area (Å²) < 4.78 is 5.15. The summed E-state index contributed by atoms with van der Waals surface area (Å²) >= 11 is 0. The molecule has 1 aliphatic carbocycles. The van der Waals surface area contributed by atoms with E-state index in [9.17, 15) is 4.79 Å². The maximum atomic E-state index is 11.7. The molecule has 0 saturated heterocycles. The van der Waals surface area contributed by atoms with Crippen molar-refractivity contribution in [2.24, 2.45) is 0 Å². The predicted molar refractivity (Wildman–Crippen MR) is 76.9 cm³/mol. The lowest BCUT2D eigenvalue weighted by Crippen LogP contribution is -2.17. The van der Waals surface area contributed by atoms with E-state index in [1.807, 2.05) is 30.3 Å². The molecule has 0 aliphatic heterocycles. The van der Waals surface area contributed by atoms with Gasteiger partial charge in [0.05, 0.1) is 11.9 Å². The van der Waals surface area contributed by atoms with E-state index < -0.39 is 6.09 Å². The van der Waals surface area contributed by atoms with Crippen LogP contribution >= 0.6 is 0 Å². The number of nitrogens with one attached hydrogen (secondary N) is 1. The lowest BCUT2D eigenvalue weighted by atomic mass is 9.83. The first-order chi connectivity index (χ1) is 9.81. The van der Waals surface area contributed by atoms with Crippen LogP contribution in [0, 0.1) is 0 Å². The van der Waals surface area contributed by atoms with Gasteiger partial charge in [-0.1, -0.05) is 24.6 Å². The number of hydrogen-bond donors (Lipinski definition) is 1. The Bertz CT molecular complexity index is 577. The lowest BCUT2D eigenvalue weighted by Gasteiger charge is -2.24. The number of pyridine rings is 1. The summed E-state index contributed by atoms with van der Waals surface area (Å²) in [6.07, 6.45) is 4.90. The molecule has 3 rings (SSSR count). The predicted octanol–water partition coefficient (Wildman–Crippen LogP) is 3.96. The number of rotatable bonds is 3. The van der Waals surface area contributed by atoms with Crippen LogP contribution in [0.2, 0.25) is 0 Å². The summed E-state index contributed by atoms with van der Waals surface area (Å²) in [5.74, 6) is 1.12. The SMILES string of the molecule is O=C(Nc1ccc(C2CCC2)nc1)Oc1ccccc1. The number of aromatic nitrogens is 1. The van der Waals surface area contributed by atoms with E-state index in [0.717, 1.165) is 5.69 Å². The molecule has 1 amide bonds. The van der Waals surface area contributed by atoms with E-state index in [2.05, 4.69) is 10.3 Å². The second kappa shape index (κ2) is 5.74. The molecule has 2 aromatic rings. The molecule has 0 bridgehead atoms. The number of para-hydroxylation sites is 1. The maximum absolute atomic E-state index is 11.7. The molecule has 0 atom stereocenters. The Balaban J connectivity index is 1.58. The Morgan fingerprint density at radius 3 is 2.55 bits per heavy atom. The van der Waals surface area contributed by atoms with Crippen LogP contribution in [0.25, 0.3) is 0 Å². The van der Waals surface area contributed by atoms with Crippen LogP contribution in [0.1, 0.15) is 30.9 Å².